The Kier molecular flexibility index (Phi) is 14.2. The Morgan fingerprint density at radius 2 is 1.09 bits per heavy atom. The first-order valence-electron chi connectivity index (χ1n) is 22.1. The lowest BCUT2D eigenvalue weighted by Gasteiger charge is -2.10. The summed E-state index contributed by atoms with van der Waals surface area (Å²) in [5, 5.41) is 10.4. The van der Waals surface area contributed by atoms with Gasteiger partial charge in [-0.25, -0.2) is 27.6 Å². The number of halogens is 3. The number of aliphatic hydroxyl groups is 1. The molecule has 6 heterocycles. The van der Waals surface area contributed by atoms with Gasteiger partial charge in [-0.1, -0.05) is 6.92 Å². The zero-order chi connectivity index (χ0) is 47.6. The highest BCUT2D eigenvalue weighted by Gasteiger charge is 2.36. The third-order valence-corrected chi connectivity index (χ3v) is 12.1. The molecule has 0 aliphatic heterocycles. The number of aromatic amines is 3. The maximum Gasteiger partial charge on any atom is 0.337 e. The summed E-state index contributed by atoms with van der Waals surface area (Å²) in [6.07, 6.45) is 5.62. The van der Waals surface area contributed by atoms with Gasteiger partial charge in [-0.05, 0) is 125 Å². The second-order valence-electron chi connectivity index (χ2n) is 18.0. The molecule has 4 unspecified atom stereocenters. The molecule has 6 aromatic rings. The number of aliphatic hydroxyl groups excluding tert-OH is 1. The van der Waals surface area contributed by atoms with Crippen molar-refractivity contribution in [3.05, 3.63) is 115 Å². The highest BCUT2D eigenvalue weighted by atomic mass is 19.1. The maximum atomic E-state index is 13.3. The number of alkyl halides is 3. The van der Waals surface area contributed by atoms with Gasteiger partial charge in [0.15, 0.2) is 18.5 Å². The van der Waals surface area contributed by atoms with Gasteiger partial charge >= 0.3 is 16.9 Å². The number of nitrogens with one attached hydrogen (secondary N) is 3. The van der Waals surface area contributed by atoms with Crippen molar-refractivity contribution in [1.29, 1.82) is 0 Å². The van der Waals surface area contributed by atoms with E-state index < -0.39 is 58.2 Å². The van der Waals surface area contributed by atoms with Crippen LogP contribution in [0.2, 0.25) is 0 Å². The van der Waals surface area contributed by atoms with Crippen molar-refractivity contribution in [3.8, 4) is 0 Å². The molecule has 0 spiro atoms. The number of nitrogens with zero attached hydrogens (tertiary/aromatic N) is 3. The van der Waals surface area contributed by atoms with Gasteiger partial charge < -0.3 is 33.3 Å². The molecule has 3 aliphatic rings. The normalized spacial score (nSPS) is 17.0. The van der Waals surface area contributed by atoms with Crippen LogP contribution in [-0.4, -0.2) is 46.9 Å². The van der Waals surface area contributed by atoms with Gasteiger partial charge in [0.05, 0.1) is 6.10 Å². The molecule has 3 fully saturated rings. The molecule has 4 atom stereocenters. The second-order valence-corrected chi connectivity index (χ2v) is 18.0. The number of Topliss-reactive ketones (excluding diaryl/α,β-unsaturated/α-hetero) is 1. The molecule has 3 aliphatic carbocycles. The van der Waals surface area contributed by atoms with E-state index in [1.165, 1.54) is 45.7 Å². The summed E-state index contributed by atoms with van der Waals surface area (Å²) in [5.41, 5.74) is -2.18. The summed E-state index contributed by atoms with van der Waals surface area (Å²) in [6, 6.07) is 3.70. The first-order chi connectivity index (χ1) is 31.3. The molecule has 4 N–H and O–H groups in total. The molecular formula is C46H51F3N6O11. The van der Waals surface area contributed by atoms with Gasteiger partial charge in [0, 0.05) is 31.0 Å². The lowest BCUT2D eigenvalue weighted by Crippen LogP contribution is -2.18. The van der Waals surface area contributed by atoms with Crippen LogP contribution in [0.25, 0.3) is 33.3 Å². The van der Waals surface area contributed by atoms with Gasteiger partial charge in [-0.2, -0.15) is 15.0 Å². The molecule has 0 aromatic carbocycles. The molecule has 0 radical (unpaired) electrons. The third kappa shape index (κ3) is 11.9. The van der Waals surface area contributed by atoms with E-state index in [4.69, 9.17) is 13.3 Å². The predicted molar refractivity (Wildman–Crippen MR) is 235 cm³/mol. The van der Waals surface area contributed by atoms with Crippen LogP contribution in [0.4, 0.5) is 13.2 Å². The van der Waals surface area contributed by atoms with E-state index in [0.29, 0.717) is 54.1 Å². The fraction of sp³-hybridized carbons (Fsp3) is 0.522. The Morgan fingerprint density at radius 3 is 1.48 bits per heavy atom. The van der Waals surface area contributed by atoms with Crippen molar-refractivity contribution >= 4 is 39.1 Å². The first-order valence-corrected chi connectivity index (χ1v) is 22.1. The molecule has 0 saturated heterocycles. The topological polar surface area (TPSA) is 265 Å². The maximum absolute atomic E-state index is 13.3. The molecule has 20 heteroatoms. The van der Waals surface area contributed by atoms with Crippen LogP contribution in [0, 0.1) is 17.3 Å². The average Bonchev–Trinajstić information content (AvgIpc) is 4.10. The molecule has 352 valence electrons. The fourth-order valence-corrected chi connectivity index (χ4v) is 7.71. The van der Waals surface area contributed by atoms with Gasteiger partial charge in [0.2, 0.25) is 17.1 Å². The van der Waals surface area contributed by atoms with Gasteiger partial charge in [0.1, 0.15) is 39.4 Å². The average molecular weight is 921 g/mol. The van der Waals surface area contributed by atoms with Gasteiger partial charge in [-0.3, -0.25) is 19.2 Å². The number of hydrogen-bond donors (Lipinski definition) is 4. The molecule has 3 saturated carbocycles. The largest absolute Gasteiger partial charge is 0.403 e. The zero-order valence-electron chi connectivity index (χ0n) is 36.9. The van der Waals surface area contributed by atoms with E-state index >= 15 is 0 Å². The fourth-order valence-electron chi connectivity index (χ4n) is 7.71. The van der Waals surface area contributed by atoms with Crippen LogP contribution in [0.15, 0.2) is 60.2 Å². The van der Waals surface area contributed by atoms with Crippen molar-refractivity contribution in [3.63, 3.8) is 0 Å². The summed E-state index contributed by atoms with van der Waals surface area (Å²) in [6.45, 7) is 5.96. The minimum absolute atomic E-state index is 0.0200. The molecule has 9 rings (SSSR count). The number of carbonyl (C=O) groups is 1. The van der Waals surface area contributed by atoms with E-state index in [1.54, 1.807) is 0 Å². The highest BCUT2D eigenvalue weighted by Crippen LogP contribution is 2.49. The minimum Gasteiger partial charge on any atom is -0.403 e. The highest BCUT2D eigenvalue weighted by molar-refractivity contribution is 5.86. The summed E-state index contributed by atoms with van der Waals surface area (Å²) >= 11 is 0. The Labute approximate surface area is 372 Å². The van der Waals surface area contributed by atoms with E-state index in [2.05, 4.69) is 36.8 Å². The van der Waals surface area contributed by atoms with Crippen molar-refractivity contribution < 1.29 is 36.3 Å². The standard InChI is InChI=1S/C16H19FN2O3.C15H15FN2O4.C15H17FN2O4/c1-9(17)13-18-14(21)12-10(4-3-5-16(2)6-7-16)8-11(20)22-15(12)19-13;1-7(16)13-17-14(21)12-9(5-10(19)4-8-2-3-8)6-11(20)22-15(12)18-13;1-7(16)13-17-14(21)12-9(4-5-10(19)8-2-3-8)6-11(20)22-15(12)18-13/h8-9H,3-7H2,1-2H3,(H,18,19,21);6-8H,2-5H2,1H3,(H,17,18,21);6-8,10,19H,2-5H2,1H3,(H,17,18,21). The van der Waals surface area contributed by atoms with Gasteiger partial charge in [-0.15, -0.1) is 0 Å². The van der Waals surface area contributed by atoms with Crippen molar-refractivity contribution in [2.24, 2.45) is 17.3 Å². The Morgan fingerprint density at radius 1 is 0.682 bits per heavy atom. The molecule has 0 amide bonds. The smallest absolute Gasteiger partial charge is 0.337 e. The van der Waals surface area contributed by atoms with Crippen LogP contribution in [0.3, 0.4) is 0 Å². The number of hydrogen-bond acceptors (Lipinski definition) is 14. The van der Waals surface area contributed by atoms with Crippen LogP contribution in [0.1, 0.15) is 145 Å². The number of rotatable bonds is 15. The van der Waals surface area contributed by atoms with Crippen molar-refractivity contribution in [2.45, 2.75) is 136 Å². The van der Waals surface area contributed by atoms with Crippen LogP contribution in [0.5, 0.6) is 0 Å². The van der Waals surface area contributed by atoms with Crippen LogP contribution >= 0.6 is 0 Å². The first kappa shape index (κ1) is 47.6. The number of H-pyrrole nitrogens is 3. The van der Waals surface area contributed by atoms with Crippen LogP contribution < -0.4 is 33.6 Å². The van der Waals surface area contributed by atoms with Crippen molar-refractivity contribution in [2.75, 3.05) is 0 Å². The van der Waals surface area contributed by atoms with Crippen LogP contribution in [-0.2, 0) is 24.1 Å². The summed E-state index contributed by atoms with van der Waals surface area (Å²) < 4.78 is 54.7. The van der Waals surface area contributed by atoms with E-state index in [1.807, 2.05) is 0 Å². The number of aromatic nitrogens is 6. The minimum atomic E-state index is -1.50. The molecular weight excluding hydrogens is 870 g/mol. The number of carbonyl (C=O) groups excluding carboxylic acids is 1. The zero-order valence-corrected chi connectivity index (χ0v) is 36.9. The van der Waals surface area contributed by atoms with E-state index in [9.17, 15) is 51.8 Å². The van der Waals surface area contributed by atoms with Crippen molar-refractivity contribution in [1.82, 2.24) is 29.9 Å². The second kappa shape index (κ2) is 19.7. The van der Waals surface area contributed by atoms with E-state index in [-0.39, 0.29) is 68.5 Å². The summed E-state index contributed by atoms with van der Waals surface area (Å²) in [7, 11) is 0. The molecule has 0 bridgehead atoms. The number of ketones is 1. The molecule has 66 heavy (non-hydrogen) atoms. The van der Waals surface area contributed by atoms with E-state index in [0.717, 1.165) is 44.6 Å². The summed E-state index contributed by atoms with van der Waals surface area (Å²) in [4.78, 5) is 102. The summed E-state index contributed by atoms with van der Waals surface area (Å²) in [5.74, 6) is 0.217. The van der Waals surface area contributed by atoms with Gasteiger partial charge in [0.25, 0.3) is 16.7 Å². The quantitative estimate of drug-likeness (QED) is 0.0862. The third-order valence-electron chi connectivity index (χ3n) is 12.1. The number of fused-ring (bicyclic) bond motifs is 3. The number of aryl methyl sites for hydroxylation is 2. The lowest BCUT2D eigenvalue weighted by atomic mass is 9.98. The SMILES string of the molecule is CC(F)c1nc2oc(=O)cc(CC(=O)CC3CC3)c2c(=O)[nH]1.CC(F)c1nc2oc(=O)cc(CCC(O)C3CC3)c2c(=O)[nH]1.CC(F)c1nc2oc(=O)cc(CCCC3(C)CC3)c2c(=O)[nH]1. The lowest BCUT2D eigenvalue weighted by molar-refractivity contribution is -0.118. The predicted octanol–water partition coefficient (Wildman–Crippen LogP) is 6.46. The molecule has 6 aromatic heterocycles. The Hall–Kier alpha value is -6.31. The monoisotopic (exact) mass is 920 g/mol. The molecule has 17 nitrogen and oxygen atoms in total. The Balaban J connectivity index is 0.000000147. The Bertz CT molecular complexity index is 3140.